The molecule has 0 radical (unpaired) electrons. The number of para-hydroxylation sites is 1. The van der Waals surface area contributed by atoms with Crippen LogP contribution in [0, 0.1) is 11.3 Å². The number of amides is 2. The SMILES string of the molecule is COc1ccc(C(=O)Nc2ccccc2CN(CC(C)(C)CN)C(=O)C2CCCCC2)cc1OC. The van der Waals surface area contributed by atoms with E-state index in [1.165, 1.54) is 13.5 Å². The molecule has 2 amide bonds. The van der Waals surface area contributed by atoms with Crippen molar-refractivity contribution in [1.29, 1.82) is 0 Å². The molecule has 7 nitrogen and oxygen atoms in total. The predicted molar refractivity (Wildman–Crippen MR) is 139 cm³/mol. The van der Waals surface area contributed by atoms with Gasteiger partial charge in [-0.2, -0.15) is 0 Å². The van der Waals surface area contributed by atoms with Gasteiger partial charge in [0.15, 0.2) is 11.5 Å². The van der Waals surface area contributed by atoms with E-state index < -0.39 is 0 Å². The number of hydrogen-bond donors (Lipinski definition) is 2. The molecule has 3 rings (SSSR count). The summed E-state index contributed by atoms with van der Waals surface area (Å²) in [6.07, 6.45) is 5.28. The third kappa shape index (κ3) is 6.98. The fourth-order valence-corrected chi connectivity index (χ4v) is 4.56. The fraction of sp³-hybridized carbons (Fsp3) is 0.500. The number of nitrogens with zero attached hydrogens (tertiary/aromatic N) is 1. The molecule has 1 aliphatic carbocycles. The van der Waals surface area contributed by atoms with Crippen LogP contribution in [0.25, 0.3) is 0 Å². The predicted octanol–water partition coefficient (Wildman–Crippen LogP) is 4.85. The van der Waals surface area contributed by atoms with Crippen molar-refractivity contribution in [2.45, 2.75) is 52.5 Å². The van der Waals surface area contributed by atoms with Crippen molar-refractivity contribution in [1.82, 2.24) is 4.90 Å². The van der Waals surface area contributed by atoms with Gasteiger partial charge in [0.25, 0.3) is 5.91 Å². The Morgan fingerprint density at radius 3 is 2.37 bits per heavy atom. The van der Waals surface area contributed by atoms with Gasteiger partial charge in [0.2, 0.25) is 5.91 Å². The average molecular weight is 482 g/mol. The maximum Gasteiger partial charge on any atom is 0.255 e. The number of benzene rings is 2. The molecule has 1 aliphatic rings. The van der Waals surface area contributed by atoms with Crippen molar-refractivity contribution in [2.24, 2.45) is 17.1 Å². The highest BCUT2D eigenvalue weighted by molar-refractivity contribution is 6.05. The molecule has 0 atom stereocenters. The molecule has 1 saturated carbocycles. The fourth-order valence-electron chi connectivity index (χ4n) is 4.56. The van der Waals surface area contributed by atoms with Gasteiger partial charge in [0.1, 0.15) is 0 Å². The van der Waals surface area contributed by atoms with E-state index in [2.05, 4.69) is 19.2 Å². The Morgan fingerprint density at radius 2 is 1.71 bits per heavy atom. The zero-order valence-electron chi connectivity index (χ0n) is 21.4. The lowest BCUT2D eigenvalue weighted by atomic mass is 9.86. The third-order valence-corrected chi connectivity index (χ3v) is 6.71. The molecule has 0 saturated heterocycles. The second kappa shape index (κ2) is 12.1. The Bertz CT molecular complexity index is 1020. The van der Waals surface area contributed by atoms with E-state index in [0.717, 1.165) is 31.2 Å². The first-order chi connectivity index (χ1) is 16.8. The molecule has 7 heteroatoms. The van der Waals surface area contributed by atoms with Crippen LogP contribution < -0.4 is 20.5 Å². The summed E-state index contributed by atoms with van der Waals surface area (Å²) in [6.45, 7) is 5.63. The van der Waals surface area contributed by atoms with Crippen LogP contribution in [0.1, 0.15) is 61.9 Å². The Balaban J connectivity index is 1.83. The lowest BCUT2D eigenvalue weighted by molar-refractivity contribution is -0.138. The molecule has 2 aromatic rings. The Morgan fingerprint density at radius 1 is 1.03 bits per heavy atom. The first kappa shape index (κ1) is 26.5. The quantitative estimate of drug-likeness (QED) is 0.506. The molecule has 190 valence electrons. The molecule has 0 unspecified atom stereocenters. The summed E-state index contributed by atoms with van der Waals surface area (Å²) >= 11 is 0. The number of rotatable bonds is 10. The van der Waals surface area contributed by atoms with Gasteiger partial charge >= 0.3 is 0 Å². The Hall–Kier alpha value is -3.06. The monoisotopic (exact) mass is 481 g/mol. The number of methoxy groups -OCH3 is 2. The van der Waals surface area contributed by atoms with Gasteiger partial charge in [-0.05, 0) is 54.6 Å². The van der Waals surface area contributed by atoms with Crippen molar-refractivity contribution in [3.63, 3.8) is 0 Å². The molecule has 0 bridgehead atoms. The standard InChI is InChI=1S/C28H39N3O4/c1-28(2,18-29)19-31(27(33)20-10-6-5-7-11-20)17-22-12-8-9-13-23(22)30-26(32)21-14-15-24(34-3)25(16-21)35-4/h8-9,12-16,20H,5-7,10-11,17-19,29H2,1-4H3,(H,30,32). The third-order valence-electron chi connectivity index (χ3n) is 6.71. The van der Waals surface area contributed by atoms with Gasteiger partial charge in [-0.3, -0.25) is 9.59 Å². The molecule has 0 heterocycles. The minimum Gasteiger partial charge on any atom is -0.493 e. The van der Waals surface area contributed by atoms with Crippen LogP contribution >= 0.6 is 0 Å². The molecule has 35 heavy (non-hydrogen) atoms. The first-order valence-corrected chi connectivity index (χ1v) is 12.4. The summed E-state index contributed by atoms with van der Waals surface area (Å²) in [6, 6.07) is 12.7. The van der Waals surface area contributed by atoms with Crippen molar-refractivity contribution >= 4 is 17.5 Å². The van der Waals surface area contributed by atoms with E-state index in [1.54, 1.807) is 25.3 Å². The van der Waals surface area contributed by atoms with Gasteiger partial charge in [-0.25, -0.2) is 0 Å². The van der Waals surface area contributed by atoms with Gasteiger partial charge in [-0.15, -0.1) is 0 Å². The normalized spacial score (nSPS) is 14.3. The molecule has 0 aliphatic heterocycles. The number of anilines is 1. The minimum atomic E-state index is -0.258. The Labute approximate surface area is 209 Å². The van der Waals surface area contributed by atoms with Crippen LogP contribution in [-0.4, -0.2) is 44.0 Å². The van der Waals surface area contributed by atoms with Crippen LogP contribution in [0.4, 0.5) is 5.69 Å². The summed E-state index contributed by atoms with van der Waals surface area (Å²) in [7, 11) is 3.09. The largest absolute Gasteiger partial charge is 0.493 e. The highest BCUT2D eigenvalue weighted by Gasteiger charge is 2.30. The van der Waals surface area contributed by atoms with Crippen LogP contribution in [0.2, 0.25) is 0 Å². The van der Waals surface area contributed by atoms with E-state index in [4.69, 9.17) is 15.2 Å². The van der Waals surface area contributed by atoms with E-state index in [-0.39, 0.29) is 23.1 Å². The summed E-state index contributed by atoms with van der Waals surface area (Å²) in [5.74, 6) is 1.04. The number of hydrogen-bond acceptors (Lipinski definition) is 5. The lowest BCUT2D eigenvalue weighted by Crippen LogP contribution is -2.44. The summed E-state index contributed by atoms with van der Waals surface area (Å²) in [5, 5.41) is 3.02. The van der Waals surface area contributed by atoms with Crippen molar-refractivity contribution in [2.75, 3.05) is 32.6 Å². The number of nitrogens with one attached hydrogen (secondary N) is 1. The summed E-state index contributed by atoms with van der Waals surface area (Å²) < 4.78 is 10.6. The van der Waals surface area contributed by atoms with Gasteiger partial charge in [0.05, 0.1) is 14.2 Å². The smallest absolute Gasteiger partial charge is 0.255 e. The maximum absolute atomic E-state index is 13.6. The van der Waals surface area contributed by atoms with Crippen molar-refractivity contribution in [3.8, 4) is 11.5 Å². The van der Waals surface area contributed by atoms with Crippen molar-refractivity contribution < 1.29 is 19.1 Å². The summed E-state index contributed by atoms with van der Waals surface area (Å²) in [4.78, 5) is 28.6. The number of carbonyl (C=O) groups is 2. The van der Waals surface area contributed by atoms with Crippen LogP contribution in [0.3, 0.4) is 0 Å². The molecule has 0 aromatic heterocycles. The summed E-state index contributed by atoms with van der Waals surface area (Å²) in [5.41, 5.74) is 7.83. The lowest BCUT2D eigenvalue weighted by Gasteiger charge is -2.35. The number of ether oxygens (including phenoxy) is 2. The van der Waals surface area contributed by atoms with E-state index in [1.807, 2.05) is 29.2 Å². The molecule has 2 aromatic carbocycles. The molecule has 1 fully saturated rings. The van der Waals surface area contributed by atoms with Gasteiger partial charge < -0.3 is 25.4 Å². The van der Waals surface area contributed by atoms with Crippen molar-refractivity contribution in [3.05, 3.63) is 53.6 Å². The first-order valence-electron chi connectivity index (χ1n) is 12.4. The highest BCUT2D eigenvalue weighted by Crippen LogP contribution is 2.30. The average Bonchev–Trinajstić information content (AvgIpc) is 2.88. The second-order valence-corrected chi connectivity index (χ2v) is 10.1. The number of nitrogens with two attached hydrogens (primary N) is 1. The molecule has 0 spiro atoms. The minimum absolute atomic E-state index is 0.0610. The van der Waals surface area contributed by atoms with Crippen LogP contribution in [-0.2, 0) is 11.3 Å². The topological polar surface area (TPSA) is 93.9 Å². The molecule has 3 N–H and O–H groups in total. The van der Waals surface area contributed by atoms with Gasteiger partial charge in [-0.1, -0.05) is 51.3 Å². The van der Waals surface area contributed by atoms with Crippen LogP contribution in [0.5, 0.6) is 11.5 Å². The van der Waals surface area contributed by atoms with E-state index in [0.29, 0.717) is 42.4 Å². The van der Waals surface area contributed by atoms with E-state index in [9.17, 15) is 9.59 Å². The van der Waals surface area contributed by atoms with Crippen LogP contribution in [0.15, 0.2) is 42.5 Å². The molecular weight excluding hydrogens is 442 g/mol. The van der Waals surface area contributed by atoms with E-state index >= 15 is 0 Å². The van der Waals surface area contributed by atoms with Gasteiger partial charge in [0, 0.05) is 30.3 Å². The number of carbonyl (C=O) groups excluding carboxylic acids is 2. The zero-order chi connectivity index (χ0) is 25.4. The second-order valence-electron chi connectivity index (χ2n) is 10.1. The highest BCUT2D eigenvalue weighted by atomic mass is 16.5. The Kier molecular flexibility index (Phi) is 9.15. The molecular formula is C28H39N3O4. The maximum atomic E-state index is 13.6. The zero-order valence-corrected chi connectivity index (χ0v) is 21.4.